The van der Waals surface area contributed by atoms with Crippen LogP contribution in [-0.2, 0) is 0 Å². The molecule has 0 aliphatic carbocycles. The minimum Gasteiger partial charge on any atom is -0.322 e. The maximum Gasteiger partial charge on any atom is 0.336 e. The van der Waals surface area contributed by atoms with Crippen LogP contribution in [0.2, 0.25) is 0 Å². The Bertz CT molecular complexity index is 273. The van der Waals surface area contributed by atoms with Crippen LogP contribution in [0.25, 0.3) is 0 Å². The lowest BCUT2D eigenvalue weighted by molar-refractivity contribution is 0.176. The number of thioether (sulfide) groups is 1. The summed E-state index contributed by atoms with van der Waals surface area (Å²) in [5.74, 6) is 1.92. The molecule has 0 atom stereocenters. The van der Waals surface area contributed by atoms with Crippen molar-refractivity contribution in [3.05, 3.63) is 0 Å². The predicted octanol–water partition coefficient (Wildman–Crippen LogP) is -0.725. The summed E-state index contributed by atoms with van der Waals surface area (Å²) in [6.07, 6.45) is 0. The van der Waals surface area contributed by atoms with Gasteiger partial charge in [0.05, 0.1) is 0 Å². The SMILES string of the molecule is O=C(NNC(=O)N1CCSCC1)N1CCNCC1. The fourth-order valence-corrected chi connectivity index (χ4v) is 2.80. The van der Waals surface area contributed by atoms with Crippen molar-refractivity contribution in [1.82, 2.24) is 26.0 Å². The first kappa shape index (κ1) is 13.3. The predicted molar refractivity (Wildman–Crippen MR) is 70.4 cm³/mol. The zero-order valence-electron chi connectivity index (χ0n) is 10.3. The van der Waals surface area contributed by atoms with E-state index in [2.05, 4.69) is 16.2 Å². The van der Waals surface area contributed by atoms with Gasteiger partial charge in [-0.25, -0.2) is 20.4 Å². The minimum atomic E-state index is -0.240. The van der Waals surface area contributed by atoms with Crippen molar-refractivity contribution in [2.45, 2.75) is 0 Å². The van der Waals surface area contributed by atoms with E-state index in [1.54, 1.807) is 9.80 Å². The number of carbonyl (C=O) groups is 2. The molecule has 0 saturated carbocycles. The molecule has 4 amide bonds. The summed E-state index contributed by atoms with van der Waals surface area (Å²) in [6.45, 7) is 4.40. The van der Waals surface area contributed by atoms with Gasteiger partial charge in [0.15, 0.2) is 0 Å². The molecule has 102 valence electrons. The summed E-state index contributed by atoms with van der Waals surface area (Å²) in [6, 6.07) is -0.463. The Morgan fingerprint density at radius 2 is 1.39 bits per heavy atom. The Morgan fingerprint density at radius 1 is 0.889 bits per heavy atom. The van der Waals surface area contributed by atoms with Crippen LogP contribution < -0.4 is 16.2 Å². The number of carbonyl (C=O) groups excluding carboxylic acids is 2. The van der Waals surface area contributed by atoms with Gasteiger partial charge in [-0.2, -0.15) is 11.8 Å². The van der Waals surface area contributed by atoms with E-state index in [0.29, 0.717) is 13.1 Å². The monoisotopic (exact) mass is 273 g/mol. The van der Waals surface area contributed by atoms with E-state index in [0.717, 1.165) is 37.7 Å². The smallest absolute Gasteiger partial charge is 0.322 e. The normalized spacial score (nSPS) is 20.4. The van der Waals surface area contributed by atoms with Gasteiger partial charge < -0.3 is 15.1 Å². The van der Waals surface area contributed by atoms with Gasteiger partial charge in [0.1, 0.15) is 0 Å². The molecule has 8 heteroatoms. The highest BCUT2D eigenvalue weighted by Gasteiger charge is 2.19. The third kappa shape index (κ3) is 3.67. The molecule has 2 saturated heterocycles. The molecule has 2 rings (SSSR count). The highest BCUT2D eigenvalue weighted by atomic mass is 32.2. The van der Waals surface area contributed by atoms with E-state index < -0.39 is 0 Å². The second kappa shape index (κ2) is 6.69. The summed E-state index contributed by atoms with van der Waals surface area (Å²) in [5.41, 5.74) is 4.93. The van der Waals surface area contributed by atoms with Crippen LogP contribution in [0.5, 0.6) is 0 Å². The average Bonchev–Trinajstić information content (AvgIpc) is 2.46. The number of nitrogens with one attached hydrogen (secondary N) is 3. The van der Waals surface area contributed by atoms with E-state index >= 15 is 0 Å². The van der Waals surface area contributed by atoms with Gasteiger partial charge in [0.25, 0.3) is 0 Å². The zero-order chi connectivity index (χ0) is 12.8. The molecule has 0 aromatic heterocycles. The van der Waals surface area contributed by atoms with Crippen molar-refractivity contribution in [2.75, 3.05) is 50.8 Å². The molecule has 2 aliphatic rings. The van der Waals surface area contributed by atoms with Gasteiger partial charge in [0.2, 0.25) is 0 Å². The Kier molecular flexibility index (Phi) is 4.94. The second-order valence-corrected chi connectivity index (χ2v) is 5.42. The first-order valence-corrected chi connectivity index (χ1v) is 7.31. The number of amides is 4. The van der Waals surface area contributed by atoms with Gasteiger partial charge in [0, 0.05) is 50.8 Å². The van der Waals surface area contributed by atoms with Crippen molar-refractivity contribution >= 4 is 23.8 Å². The van der Waals surface area contributed by atoms with Gasteiger partial charge in [-0.15, -0.1) is 0 Å². The van der Waals surface area contributed by atoms with E-state index in [9.17, 15) is 9.59 Å². The fourth-order valence-electron chi connectivity index (χ4n) is 1.90. The van der Waals surface area contributed by atoms with Crippen molar-refractivity contribution in [3.8, 4) is 0 Å². The van der Waals surface area contributed by atoms with Crippen LogP contribution in [0, 0.1) is 0 Å². The molecule has 0 aromatic carbocycles. The lowest BCUT2D eigenvalue weighted by atomic mass is 10.4. The molecule has 2 fully saturated rings. The molecule has 0 aromatic rings. The molecule has 0 unspecified atom stereocenters. The third-order valence-electron chi connectivity index (χ3n) is 2.98. The molecular formula is C10H19N5O2S. The minimum absolute atomic E-state index is 0.223. The van der Waals surface area contributed by atoms with E-state index in [1.807, 2.05) is 11.8 Å². The topological polar surface area (TPSA) is 76.7 Å². The van der Waals surface area contributed by atoms with Crippen LogP contribution in [0.15, 0.2) is 0 Å². The van der Waals surface area contributed by atoms with Crippen molar-refractivity contribution in [2.24, 2.45) is 0 Å². The first-order chi connectivity index (χ1) is 8.77. The summed E-state index contributed by atoms with van der Waals surface area (Å²) in [5, 5.41) is 3.17. The zero-order valence-corrected chi connectivity index (χ0v) is 11.1. The van der Waals surface area contributed by atoms with Gasteiger partial charge in [-0.05, 0) is 0 Å². The maximum atomic E-state index is 11.7. The number of piperazine rings is 1. The average molecular weight is 273 g/mol. The second-order valence-electron chi connectivity index (χ2n) is 4.20. The first-order valence-electron chi connectivity index (χ1n) is 6.15. The summed E-state index contributed by atoms with van der Waals surface area (Å²) in [7, 11) is 0. The largest absolute Gasteiger partial charge is 0.336 e. The Morgan fingerprint density at radius 3 is 1.94 bits per heavy atom. The highest BCUT2D eigenvalue weighted by molar-refractivity contribution is 7.99. The molecule has 0 radical (unpaired) electrons. The molecular weight excluding hydrogens is 254 g/mol. The number of hydrogen-bond donors (Lipinski definition) is 3. The summed E-state index contributed by atoms with van der Waals surface area (Å²) in [4.78, 5) is 26.9. The van der Waals surface area contributed by atoms with Crippen molar-refractivity contribution in [3.63, 3.8) is 0 Å². The number of urea groups is 2. The van der Waals surface area contributed by atoms with Gasteiger partial charge >= 0.3 is 12.1 Å². The molecule has 0 spiro atoms. The number of rotatable bonds is 0. The molecule has 18 heavy (non-hydrogen) atoms. The van der Waals surface area contributed by atoms with E-state index in [4.69, 9.17) is 0 Å². The molecule has 2 aliphatic heterocycles. The van der Waals surface area contributed by atoms with Gasteiger partial charge in [-0.3, -0.25) is 0 Å². The lowest BCUT2D eigenvalue weighted by Crippen LogP contribution is -2.56. The summed E-state index contributed by atoms with van der Waals surface area (Å²) >= 11 is 1.84. The Labute approximate surface area is 111 Å². The number of hydrazine groups is 1. The maximum absolute atomic E-state index is 11.7. The Hall–Kier alpha value is -1.15. The lowest BCUT2D eigenvalue weighted by Gasteiger charge is -2.29. The highest BCUT2D eigenvalue weighted by Crippen LogP contribution is 2.08. The molecule has 3 N–H and O–H groups in total. The van der Waals surface area contributed by atoms with Crippen LogP contribution in [0.1, 0.15) is 0 Å². The standard InChI is InChI=1S/C10H19N5O2S/c16-9(14-3-1-11-2-4-14)12-13-10(17)15-5-7-18-8-6-15/h11H,1-8H2,(H,12,16)(H,13,17). The van der Waals surface area contributed by atoms with Crippen molar-refractivity contribution in [1.29, 1.82) is 0 Å². The van der Waals surface area contributed by atoms with E-state index in [-0.39, 0.29) is 12.1 Å². The quantitative estimate of drug-likeness (QED) is 0.509. The van der Waals surface area contributed by atoms with Crippen LogP contribution in [0.3, 0.4) is 0 Å². The van der Waals surface area contributed by atoms with E-state index in [1.165, 1.54) is 0 Å². The molecule has 0 bridgehead atoms. The van der Waals surface area contributed by atoms with Crippen molar-refractivity contribution < 1.29 is 9.59 Å². The fraction of sp³-hybridized carbons (Fsp3) is 0.800. The van der Waals surface area contributed by atoms with Crippen LogP contribution >= 0.6 is 11.8 Å². The third-order valence-corrected chi connectivity index (χ3v) is 3.92. The summed E-state index contributed by atoms with van der Waals surface area (Å²) < 4.78 is 0. The Balaban J connectivity index is 1.69. The van der Waals surface area contributed by atoms with Crippen LogP contribution in [-0.4, -0.2) is 72.6 Å². The van der Waals surface area contributed by atoms with Crippen LogP contribution in [0.4, 0.5) is 9.59 Å². The molecule has 2 heterocycles. The number of nitrogens with zero attached hydrogens (tertiary/aromatic N) is 2. The number of hydrogen-bond acceptors (Lipinski definition) is 4. The molecule has 7 nitrogen and oxygen atoms in total. The van der Waals surface area contributed by atoms with Gasteiger partial charge in [-0.1, -0.05) is 0 Å².